The predicted molar refractivity (Wildman–Crippen MR) is 129 cm³/mol. The maximum Gasteiger partial charge on any atom is 0.416 e. The average Bonchev–Trinajstić information content (AvgIpc) is 3.24. The number of nitrogens with one attached hydrogen (secondary N) is 1. The summed E-state index contributed by atoms with van der Waals surface area (Å²) in [6.07, 6.45) is -6.22. The Kier molecular flexibility index (Phi) is 7.49. The second kappa shape index (κ2) is 9.96. The summed E-state index contributed by atoms with van der Waals surface area (Å²) in [5, 5.41) is 2.65. The van der Waals surface area contributed by atoms with Crippen LogP contribution in [0.2, 0.25) is 0 Å². The van der Waals surface area contributed by atoms with Crippen LogP contribution in [-0.4, -0.2) is 55.6 Å². The fourth-order valence-corrected chi connectivity index (χ4v) is 5.96. The standard InChI is InChI=1S/C23H23BrF6N4O3S/c1-38(36,37)11-19(35)32-16-4-2-3-13-7-15(10-31-20(13)16)34-6-5-21(12-34,23(28,29)30)17-8-14(22(25,26)27)9-18(24)33-17/h7-10,16H,2-6,11-12H2,1H3,(H,32,35). The van der Waals surface area contributed by atoms with Crippen molar-refractivity contribution in [3.63, 3.8) is 0 Å². The molecule has 208 valence electrons. The van der Waals surface area contributed by atoms with Gasteiger partial charge in [0.1, 0.15) is 15.8 Å². The van der Waals surface area contributed by atoms with E-state index in [0.717, 1.165) is 6.26 Å². The number of aryl methyl sites for hydroxylation is 1. The summed E-state index contributed by atoms with van der Waals surface area (Å²) in [6.45, 7) is -0.740. The van der Waals surface area contributed by atoms with Gasteiger partial charge in [0.05, 0.1) is 34.9 Å². The SMILES string of the molecule is CS(=O)(=O)CC(=O)NC1CCCc2cc(N3CCC(c4cc(C(F)(F)F)cc(Br)n4)(C(F)(F)F)C3)cnc21. The fourth-order valence-electron chi connectivity index (χ4n) is 4.96. The lowest BCUT2D eigenvalue weighted by atomic mass is 9.81. The molecule has 2 aliphatic rings. The number of hydrogen-bond acceptors (Lipinski definition) is 6. The number of nitrogens with zero attached hydrogens (tertiary/aromatic N) is 3. The van der Waals surface area contributed by atoms with Gasteiger partial charge in [-0.15, -0.1) is 0 Å². The smallest absolute Gasteiger partial charge is 0.369 e. The average molecular weight is 629 g/mol. The summed E-state index contributed by atoms with van der Waals surface area (Å²) in [6, 6.07) is 2.22. The number of aromatic nitrogens is 2. The van der Waals surface area contributed by atoms with Gasteiger partial charge in [0, 0.05) is 19.3 Å². The minimum Gasteiger partial charge on any atom is -0.369 e. The molecule has 38 heavy (non-hydrogen) atoms. The first-order chi connectivity index (χ1) is 17.5. The number of carbonyl (C=O) groups is 1. The highest BCUT2D eigenvalue weighted by atomic mass is 79.9. The molecule has 2 unspecified atom stereocenters. The molecule has 1 amide bonds. The number of anilines is 1. The molecular formula is C23H23BrF6N4O3S. The molecule has 1 aliphatic heterocycles. The molecule has 1 N–H and O–H groups in total. The van der Waals surface area contributed by atoms with Crippen molar-refractivity contribution in [2.45, 2.75) is 49.5 Å². The van der Waals surface area contributed by atoms with Crippen LogP contribution >= 0.6 is 15.9 Å². The lowest BCUT2D eigenvalue weighted by Gasteiger charge is -2.32. The van der Waals surface area contributed by atoms with Crippen LogP contribution in [0, 0.1) is 0 Å². The Labute approximate surface area is 223 Å². The van der Waals surface area contributed by atoms with Crippen molar-refractivity contribution in [1.29, 1.82) is 0 Å². The zero-order valence-electron chi connectivity index (χ0n) is 20.0. The van der Waals surface area contributed by atoms with E-state index in [-0.39, 0.29) is 11.1 Å². The number of carbonyl (C=O) groups excluding carboxylic acids is 1. The van der Waals surface area contributed by atoms with Crippen molar-refractivity contribution in [2.24, 2.45) is 0 Å². The van der Waals surface area contributed by atoms with Crippen LogP contribution in [0.5, 0.6) is 0 Å². The molecule has 0 aromatic carbocycles. The molecule has 2 aromatic rings. The van der Waals surface area contributed by atoms with E-state index in [1.165, 1.54) is 11.1 Å². The van der Waals surface area contributed by atoms with Crippen molar-refractivity contribution >= 4 is 37.4 Å². The van der Waals surface area contributed by atoms with Crippen molar-refractivity contribution in [3.8, 4) is 0 Å². The Morgan fingerprint density at radius 2 is 1.92 bits per heavy atom. The van der Waals surface area contributed by atoms with Crippen LogP contribution in [0.15, 0.2) is 29.0 Å². The molecule has 4 rings (SSSR count). The first-order valence-electron chi connectivity index (χ1n) is 11.5. The van der Waals surface area contributed by atoms with E-state index in [4.69, 9.17) is 0 Å². The number of pyridine rings is 2. The summed E-state index contributed by atoms with van der Waals surface area (Å²) in [4.78, 5) is 21.7. The largest absolute Gasteiger partial charge is 0.416 e. The number of hydrogen-bond donors (Lipinski definition) is 1. The number of fused-ring (bicyclic) bond motifs is 1. The second-order valence-electron chi connectivity index (χ2n) is 9.63. The third kappa shape index (κ3) is 5.92. The van der Waals surface area contributed by atoms with Crippen LogP contribution in [0.3, 0.4) is 0 Å². The minimum atomic E-state index is -4.88. The normalized spacial score (nSPS) is 22.3. The fraction of sp³-hybridized carbons (Fsp3) is 0.522. The lowest BCUT2D eigenvalue weighted by molar-refractivity contribution is -0.186. The van der Waals surface area contributed by atoms with Crippen molar-refractivity contribution in [1.82, 2.24) is 15.3 Å². The van der Waals surface area contributed by atoms with Gasteiger partial charge in [0.15, 0.2) is 9.84 Å². The topological polar surface area (TPSA) is 92.3 Å². The zero-order chi connectivity index (χ0) is 28.1. The van der Waals surface area contributed by atoms with E-state index in [0.29, 0.717) is 48.3 Å². The Morgan fingerprint density at radius 3 is 2.55 bits per heavy atom. The van der Waals surface area contributed by atoms with E-state index < -0.39 is 69.5 Å². The molecule has 0 spiro atoms. The number of alkyl halides is 6. The van der Waals surface area contributed by atoms with Gasteiger partial charge >= 0.3 is 12.4 Å². The van der Waals surface area contributed by atoms with Gasteiger partial charge in [-0.1, -0.05) is 0 Å². The Bertz CT molecular complexity index is 1350. The summed E-state index contributed by atoms with van der Waals surface area (Å²) < 4.78 is 106. The maximum atomic E-state index is 14.5. The molecule has 1 aliphatic carbocycles. The van der Waals surface area contributed by atoms with E-state index in [1.807, 2.05) is 0 Å². The van der Waals surface area contributed by atoms with Gasteiger partial charge in [0.25, 0.3) is 0 Å². The third-order valence-electron chi connectivity index (χ3n) is 6.77. The quantitative estimate of drug-likeness (QED) is 0.387. The highest BCUT2D eigenvalue weighted by Gasteiger charge is 2.60. The molecular weight excluding hydrogens is 606 g/mol. The van der Waals surface area contributed by atoms with E-state index in [2.05, 4.69) is 31.2 Å². The van der Waals surface area contributed by atoms with Gasteiger partial charge in [-0.2, -0.15) is 26.3 Å². The minimum absolute atomic E-state index is 0.0932. The van der Waals surface area contributed by atoms with Crippen LogP contribution in [0.1, 0.15) is 47.8 Å². The molecule has 0 radical (unpaired) electrons. The first kappa shape index (κ1) is 28.6. The van der Waals surface area contributed by atoms with Crippen LogP contribution in [0.25, 0.3) is 0 Å². The summed E-state index contributed by atoms with van der Waals surface area (Å²) in [5.41, 5.74) is -3.00. The molecule has 1 saturated heterocycles. The summed E-state index contributed by atoms with van der Waals surface area (Å²) >= 11 is 2.82. The summed E-state index contributed by atoms with van der Waals surface area (Å²) in [7, 11) is -3.53. The Hall–Kier alpha value is -2.42. The summed E-state index contributed by atoms with van der Waals surface area (Å²) in [5.74, 6) is -1.35. The number of rotatable bonds is 5. The van der Waals surface area contributed by atoms with E-state index >= 15 is 0 Å². The van der Waals surface area contributed by atoms with Crippen LogP contribution < -0.4 is 10.2 Å². The van der Waals surface area contributed by atoms with E-state index in [1.54, 1.807) is 6.07 Å². The van der Waals surface area contributed by atoms with Gasteiger partial charge in [-0.05, 0) is 65.4 Å². The molecule has 0 bridgehead atoms. The van der Waals surface area contributed by atoms with Crippen molar-refractivity contribution < 1.29 is 39.6 Å². The van der Waals surface area contributed by atoms with Gasteiger partial charge < -0.3 is 10.2 Å². The highest BCUT2D eigenvalue weighted by molar-refractivity contribution is 9.10. The van der Waals surface area contributed by atoms with E-state index in [9.17, 15) is 39.6 Å². The van der Waals surface area contributed by atoms with Crippen molar-refractivity contribution in [2.75, 3.05) is 30.0 Å². The molecule has 7 nitrogen and oxygen atoms in total. The number of halogens is 7. The Balaban J connectivity index is 1.62. The van der Waals surface area contributed by atoms with Gasteiger partial charge in [-0.3, -0.25) is 9.78 Å². The highest BCUT2D eigenvalue weighted by Crippen LogP contribution is 2.49. The molecule has 0 saturated carbocycles. The predicted octanol–water partition coefficient (Wildman–Crippen LogP) is 4.51. The van der Waals surface area contributed by atoms with Crippen LogP contribution in [-0.2, 0) is 32.6 Å². The monoisotopic (exact) mass is 628 g/mol. The Morgan fingerprint density at radius 1 is 1.21 bits per heavy atom. The molecule has 2 atom stereocenters. The van der Waals surface area contributed by atoms with Gasteiger partial charge in [-0.25, -0.2) is 13.4 Å². The van der Waals surface area contributed by atoms with Crippen molar-refractivity contribution in [3.05, 3.63) is 51.5 Å². The molecule has 2 aromatic heterocycles. The van der Waals surface area contributed by atoms with Crippen LogP contribution in [0.4, 0.5) is 32.0 Å². The van der Waals surface area contributed by atoms with Gasteiger partial charge in [0.2, 0.25) is 5.91 Å². The molecule has 3 heterocycles. The molecule has 15 heteroatoms. The first-order valence-corrected chi connectivity index (χ1v) is 14.4. The number of amides is 1. The second-order valence-corrected chi connectivity index (χ2v) is 12.6. The third-order valence-corrected chi connectivity index (χ3v) is 7.97. The number of sulfone groups is 1. The molecule has 1 fully saturated rings. The zero-order valence-corrected chi connectivity index (χ0v) is 22.4. The maximum absolute atomic E-state index is 14.5. The lowest BCUT2D eigenvalue weighted by Crippen LogP contribution is -2.45.